The van der Waals surface area contributed by atoms with Gasteiger partial charge < -0.3 is 10.1 Å². The van der Waals surface area contributed by atoms with Crippen molar-refractivity contribution in [2.45, 2.75) is 46.1 Å². The van der Waals surface area contributed by atoms with E-state index >= 15 is 0 Å². The highest BCUT2D eigenvalue weighted by Gasteiger charge is 2.33. The second-order valence-corrected chi connectivity index (χ2v) is 5.40. The molecule has 1 aliphatic carbocycles. The molecule has 0 bridgehead atoms. The summed E-state index contributed by atoms with van der Waals surface area (Å²) in [5.74, 6) is 0. The first-order valence-corrected chi connectivity index (χ1v) is 5.98. The SMILES string of the molecule is C=C(C)COCCNC1CCCC1(C)C. The summed E-state index contributed by atoms with van der Waals surface area (Å²) in [6.07, 6.45) is 4.02. The van der Waals surface area contributed by atoms with E-state index in [9.17, 15) is 0 Å². The fraction of sp³-hybridized carbons (Fsp3) is 0.846. The molecule has 0 aromatic carbocycles. The number of hydrogen-bond donors (Lipinski definition) is 1. The van der Waals surface area contributed by atoms with Gasteiger partial charge in [0, 0.05) is 12.6 Å². The molecule has 1 rings (SSSR count). The molecule has 0 spiro atoms. The summed E-state index contributed by atoms with van der Waals surface area (Å²) in [6, 6.07) is 0.672. The van der Waals surface area contributed by atoms with Gasteiger partial charge in [-0.1, -0.05) is 32.4 Å². The first-order chi connectivity index (χ1) is 7.02. The molecule has 2 heteroatoms. The maximum absolute atomic E-state index is 5.46. The highest BCUT2D eigenvalue weighted by molar-refractivity contribution is 4.90. The quantitative estimate of drug-likeness (QED) is 0.539. The summed E-state index contributed by atoms with van der Waals surface area (Å²) < 4.78 is 5.46. The standard InChI is InChI=1S/C13H25NO/c1-11(2)10-15-9-8-14-12-6-5-7-13(12,3)4/h12,14H,1,5-10H2,2-4H3. The predicted octanol–water partition coefficient (Wildman–Crippen LogP) is 2.75. The highest BCUT2D eigenvalue weighted by Crippen LogP contribution is 2.36. The van der Waals surface area contributed by atoms with Crippen LogP contribution in [0.1, 0.15) is 40.0 Å². The molecule has 1 saturated carbocycles. The number of ether oxygens (including phenoxy) is 1. The topological polar surface area (TPSA) is 21.3 Å². The Kier molecular flexibility index (Phi) is 4.81. The second kappa shape index (κ2) is 5.66. The van der Waals surface area contributed by atoms with Gasteiger partial charge in [-0.2, -0.15) is 0 Å². The molecule has 0 radical (unpaired) electrons. The zero-order chi connectivity index (χ0) is 11.3. The van der Waals surface area contributed by atoms with Crippen LogP contribution in [0.2, 0.25) is 0 Å². The molecule has 0 aromatic heterocycles. The Balaban J connectivity index is 2.07. The van der Waals surface area contributed by atoms with Gasteiger partial charge in [0.2, 0.25) is 0 Å². The maximum atomic E-state index is 5.46. The minimum Gasteiger partial charge on any atom is -0.376 e. The van der Waals surface area contributed by atoms with Gasteiger partial charge in [-0.3, -0.25) is 0 Å². The van der Waals surface area contributed by atoms with E-state index in [1.807, 2.05) is 6.92 Å². The minimum absolute atomic E-state index is 0.467. The monoisotopic (exact) mass is 211 g/mol. The molecule has 0 amide bonds. The average molecular weight is 211 g/mol. The van der Waals surface area contributed by atoms with Gasteiger partial charge in [0.1, 0.15) is 0 Å². The van der Waals surface area contributed by atoms with Crippen LogP contribution in [-0.4, -0.2) is 25.8 Å². The lowest BCUT2D eigenvalue weighted by Gasteiger charge is -2.27. The number of nitrogens with one attached hydrogen (secondary N) is 1. The van der Waals surface area contributed by atoms with Crippen molar-refractivity contribution < 1.29 is 4.74 Å². The third-order valence-electron chi connectivity index (χ3n) is 3.24. The van der Waals surface area contributed by atoms with Gasteiger partial charge in [-0.05, 0) is 25.2 Å². The number of hydrogen-bond acceptors (Lipinski definition) is 2. The molecule has 2 nitrogen and oxygen atoms in total. The first-order valence-electron chi connectivity index (χ1n) is 5.98. The van der Waals surface area contributed by atoms with E-state index in [4.69, 9.17) is 4.74 Å². The van der Waals surface area contributed by atoms with E-state index in [-0.39, 0.29) is 0 Å². The summed E-state index contributed by atoms with van der Waals surface area (Å²) >= 11 is 0. The predicted molar refractivity (Wildman–Crippen MR) is 65.1 cm³/mol. The van der Waals surface area contributed by atoms with Crippen LogP contribution in [0.4, 0.5) is 0 Å². The van der Waals surface area contributed by atoms with E-state index in [2.05, 4.69) is 25.7 Å². The van der Waals surface area contributed by atoms with E-state index in [1.54, 1.807) is 0 Å². The molecule has 88 valence electrons. The van der Waals surface area contributed by atoms with Crippen molar-refractivity contribution in [3.8, 4) is 0 Å². The Morgan fingerprint density at radius 1 is 1.53 bits per heavy atom. The maximum Gasteiger partial charge on any atom is 0.0672 e. The Morgan fingerprint density at radius 2 is 2.27 bits per heavy atom. The molecule has 0 heterocycles. The lowest BCUT2D eigenvalue weighted by atomic mass is 9.87. The lowest BCUT2D eigenvalue weighted by molar-refractivity contribution is 0.149. The van der Waals surface area contributed by atoms with Crippen molar-refractivity contribution in [3.05, 3.63) is 12.2 Å². The van der Waals surface area contributed by atoms with Crippen molar-refractivity contribution in [1.82, 2.24) is 5.32 Å². The van der Waals surface area contributed by atoms with Crippen LogP contribution in [0.3, 0.4) is 0 Å². The fourth-order valence-corrected chi connectivity index (χ4v) is 2.26. The van der Waals surface area contributed by atoms with Crippen molar-refractivity contribution in [2.24, 2.45) is 5.41 Å². The average Bonchev–Trinajstić information content (AvgIpc) is 2.44. The molecule has 1 N–H and O–H groups in total. The van der Waals surface area contributed by atoms with E-state index < -0.39 is 0 Å². The van der Waals surface area contributed by atoms with Crippen molar-refractivity contribution in [2.75, 3.05) is 19.8 Å². The molecule has 1 atom stereocenters. The Bertz CT molecular complexity index is 211. The van der Waals surface area contributed by atoms with Crippen LogP contribution >= 0.6 is 0 Å². The summed E-state index contributed by atoms with van der Waals surface area (Å²) in [5, 5.41) is 3.59. The van der Waals surface area contributed by atoms with Crippen molar-refractivity contribution >= 4 is 0 Å². The van der Waals surface area contributed by atoms with E-state index in [0.717, 1.165) is 18.7 Å². The first kappa shape index (κ1) is 12.7. The summed E-state index contributed by atoms with van der Waals surface area (Å²) in [4.78, 5) is 0. The molecule has 1 unspecified atom stereocenters. The normalized spacial score (nSPS) is 24.3. The minimum atomic E-state index is 0.467. The Hall–Kier alpha value is -0.340. The van der Waals surface area contributed by atoms with Gasteiger partial charge in [-0.25, -0.2) is 0 Å². The van der Waals surface area contributed by atoms with Crippen molar-refractivity contribution in [3.63, 3.8) is 0 Å². The largest absolute Gasteiger partial charge is 0.376 e. The number of rotatable bonds is 6. The summed E-state index contributed by atoms with van der Waals surface area (Å²) in [6.45, 7) is 12.9. The zero-order valence-electron chi connectivity index (χ0n) is 10.4. The van der Waals surface area contributed by atoms with E-state index in [1.165, 1.54) is 19.3 Å². The molecule has 1 aliphatic rings. The molecule has 1 fully saturated rings. The highest BCUT2D eigenvalue weighted by atomic mass is 16.5. The molecular weight excluding hydrogens is 186 g/mol. The van der Waals surface area contributed by atoms with Crippen LogP contribution < -0.4 is 5.32 Å². The fourth-order valence-electron chi connectivity index (χ4n) is 2.26. The van der Waals surface area contributed by atoms with Gasteiger partial charge in [-0.15, -0.1) is 0 Å². The smallest absolute Gasteiger partial charge is 0.0672 e. The summed E-state index contributed by atoms with van der Waals surface area (Å²) in [5.41, 5.74) is 1.56. The molecule has 0 aliphatic heterocycles. The third kappa shape index (κ3) is 4.35. The van der Waals surface area contributed by atoms with Gasteiger partial charge >= 0.3 is 0 Å². The van der Waals surface area contributed by atoms with Crippen LogP contribution in [0, 0.1) is 5.41 Å². The van der Waals surface area contributed by atoms with Gasteiger partial charge in [0.05, 0.1) is 13.2 Å². The summed E-state index contributed by atoms with van der Waals surface area (Å²) in [7, 11) is 0. The molecule has 0 aromatic rings. The molecule has 15 heavy (non-hydrogen) atoms. The van der Waals surface area contributed by atoms with Crippen molar-refractivity contribution in [1.29, 1.82) is 0 Å². The third-order valence-corrected chi connectivity index (χ3v) is 3.24. The Labute approximate surface area is 94.1 Å². The van der Waals surface area contributed by atoms with E-state index in [0.29, 0.717) is 18.1 Å². The van der Waals surface area contributed by atoms with Crippen LogP contribution in [0.15, 0.2) is 12.2 Å². The van der Waals surface area contributed by atoms with Crippen LogP contribution in [-0.2, 0) is 4.74 Å². The Morgan fingerprint density at radius 3 is 2.80 bits per heavy atom. The molecule has 0 saturated heterocycles. The molecular formula is C13H25NO. The van der Waals surface area contributed by atoms with Crippen LogP contribution in [0.5, 0.6) is 0 Å². The van der Waals surface area contributed by atoms with Crippen LogP contribution in [0.25, 0.3) is 0 Å². The van der Waals surface area contributed by atoms with Gasteiger partial charge in [0.25, 0.3) is 0 Å². The van der Waals surface area contributed by atoms with Gasteiger partial charge in [0.15, 0.2) is 0 Å². The zero-order valence-corrected chi connectivity index (χ0v) is 10.4. The second-order valence-electron chi connectivity index (χ2n) is 5.40. The lowest BCUT2D eigenvalue weighted by Crippen LogP contribution is -2.39.